The Kier molecular flexibility index (Phi) is 5.67. The summed E-state index contributed by atoms with van der Waals surface area (Å²) in [6.07, 6.45) is 0. The van der Waals surface area contributed by atoms with Crippen molar-refractivity contribution in [1.82, 2.24) is 0 Å². The van der Waals surface area contributed by atoms with E-state index in [4.69, 9.17) is 9.47 Å². The van der Waals surface area contributed by atoms with E-state index in [1.807, 2.05) is 30.3 Å². The average Bonchev–Trinajstić information content (AvgIpc) is 2.59. The van der Waals surface area contributed by atoms with Crippen LogP contribution >= 0.6 is 15.9 Å². The Bertz CT molecular complexity index is 911. The molecule has 0 atom stereocenters. The first-order valence-corrected chi connectivity index (χ1v) is 9.46. The molecule has 0 saturated carbocycles. The molecular formula is C23H23BrO2. The van der Waals surface area contributed by atoms with Crippen LogP contribution in [-0.4, -0.2) is 0 Å². The molecule has 2 nitrogen and oxygen atoms in total. The molecule has 0 aliphatic carbocycles. The van der Waals surface area contributed by atoms with E-state index < -0.39 is 0 Å². The second kappa shape index (κ2) is 7.96. The van der Waals surface area contributed by atoms with Crippen molar-refractivity contribution in [2.24, 2.45) is 0 Å². The van der Waals surface area contributed by atoms with Gasteiger partial charge in [-0.3, -0.25) is 0 Å². The van der Waals surface area contributed by atoms with Gasteiger partial charge in [0.05, 0.1) is 0 Å². The molecule has 0 fully saturated rings. The van der Waals surface area contributed by atoms with Gasteiger partial charge in [-0.25, -0.2) is 0 Å². The highest BCUT2D eigenvalue weighted by Crippen LogP contribution is 2.30. The predicted octanol–water partition coefficient (Wildman–Crippen LogP) is 7.05. The Balaban J connectivity index is 1.79. The molecule has 0 unspecified atom stereocenters. The SMILES string of the molecule is Cc1ccc(Oc2ccc(Br)c(COc3c(C)cccc3C)c2)c(C)c1. The molecule has 0 N–H and O–H groups in total. The summed E-state index contributed by atoms with van der Waals surface area (Å²) in [5, 5.41) is 0. The zero-order valence-corrected chi connectivity index (χ0v) is 17.2. The maximum atomic E-state index is 6.09. The lowest BCUT2D eigenvalue weighted by molar-refractivity contribution is 0.300. The van der Waals surface area contributed by atoms with E-state index in [1.54, 1.807) is 0 Å². The highest BCUT2D eigenvalue weighted by Gasteiger charge is 2.09. The summed E-state index contributed by atoms with van der Waals surface area (Å²) in [6, 6.07) is 18.4. The smallest absolute Gasteiger partial charge is 0.130 e. The minimum Gasteiger partial charge on any atom is -0.488 e. The molecule has 3 aromatic carbocycles. The van der Waals surface area contributed by atoms with Crippen LogP contribution in [0.15, 0.2) is 59.1 Å². The normalized spacial score (nSPS) is 10.7. The van der Waals surface area contributed by atoms with Crippen molar-refractivity contribution in [3.8, 4) is 17.2 Å². The third-order valence-electron chi connectivity index (χ3n) is 4.36. The summed E-state index contributed by atoms with van der Waals surface area (Å²) in [6.45, 7) is 8.76. The Morgan fingerprint density at radius 3 is 2.23 bits per heavy atom. The van der Waals surface area contributed by atoms with Crippen molar-refractivity contribution in [2.75, 3.05) is 0 Å². The molecule has 3 heteroatoms. The van der Waals surface area contributed by atoms with Crippen molar-refractivity contribution in [3.63, 3.8) is 0 Å². The van der Waals surface area contributed by atoms with E-state index in [2.05, 4.69) is 67.9 Å². The van der Waals surface area contributed by atoms with Crippen LogP contribution in [0.5, 0.6) is 17.2 Å². The summed E-state index contributed by atoms with van der Waals surface area (Å²) in [5.74, 6) is 2.62. The van der Waals surface area contributed by atoms with Crippen molar-refractivity contribution in [1.29, 1.82) is 0 Å². The molecule has 3 aromatic rings. The molecule has 0 amide bonds. The third kappa shape index (κ3) is 4.28. The van der Waals surface area contributed by atoms with E-state index >= 15 is 0 Å². The van der Waals surface area contributed by atoms with Crippen LogP contribution in [0.2, 0.25) is 0 Å². The Labute approximate surface area is 163 Å². The lowest BCUT2D eigenvalue weighted by atomic mass is 10.1. The zero-order valence-electron chi connectivity index (χ0n) is 15.6. The lowest BCUT2D eigenvalue weighted by Crippen LogP contribution is -2.00. The van der Waals surface area contributed by atoms with E-state index in [9.17, 15) is 0 Å². The molecule has 0 heterocycles. The molecule has 0 aromatic heterocycles. The minimum absolute atomic E-state index is 0.482. The fourth-order valence-electron chi connectivity index (χ4n) is 2.94. The molecule has 26 heavy (non-hydrogen) atoms. The van der Waals surface area contributed by atoms with Gasteiger partial charge in [0, 0.05) is 10.0 Å². The van der Waals surface area contributed by atoms with Gasteiger partial charge in [0.2, 0.25) is 0 Å². The van der Waals surface area contributed by atoms with Crippen LogP contribution in [-0.2, 0) is 6.61 Å². The number of ether oxygens (including phenoxy) is 2. The van der Waals surface area contributed by atoms with Gasteiger partial charge < -0.3 is 9.47 Å². The maximum absolute atomic E-state index is 6.09. The van der Waals surface area contributed by atoms with E-state index in [0.717, 1.165) is 44.0 Å². The number of benzene rings is 3. The molecule has 0 saturated heterocycles. The molecule has 0 spiro atoms. The van der Waals surface area contributed by atoms with Gasteiger partial charge in [-0.2, -0.15) is 0 Å². The van der Waals surface area contributed by atoms with Gasteiger partial charge in [0.1, 0.15) is 23.9 Å². The predicted molar refractivity (Wildman–Crippen MR) is 110 cm³/mol. The molecule has 134 valence electrons. The van der Waals surface area contributed by atoms with Crippen molar-refractivity contribution in [3.05, 3.63) is 86.9 Å². The van der Waals surface area contributed by atoms with Crippen LogP contribution in [0, 0.1) is 27.7 Å². The summed E-state index contributed by atoms with van der Waals surface area (Å²) >= 11 is 3.61. The second-order valence-corrected chi connectivity index (χ2v) is 7.49. The number of rotatable bonds is 5. The molecule has 3 rings (SSSR count). The summed E-state index contributed by atoms with van der Waals surface area (Å²) in [4.78, 5) is 0. The van der Waals surface area contributed by atoms with Crippen LogP contribution < -0.4 is 9.47 Å². The maximum Gasteiger partial charge on any atom is 0.130 e. The Morgan fingerprint density at radius 1 is 0.808 bits per heavy atom. The van der Waals surface area contributed by atoms with Gasteiger partial charge in [-0.05, 0) is 68.7 Å². The molecule has 0 aliphatic heterocycles. The molecule has 0 radical (unpaired) electrons. The topological polar surface area (TPSA) is 18.5 Å². The molecular weight excluding hydrogens is 388 g/mol. The van der Waals surface area contributed by atoms with Gasteiger partial charge in [0.25, 0.3) is 0 Å². The fourth-order valence-corrected chi connectivity index (χ4v) is 3.30. The monoisotopic (exact) mass is 410 g/mol. The standard InChI is InChI=1S/C23H23BrO2/c1-15-8-11-22(18(4)12-15)26-20-9-10-21(24)19(13-20)14-25-23-16(2)6-5-7-17(23)3/h5-13H,14H2,1-4H3. The van der Waals surface area contributed by atoms with Crippen LogP contribution in [0.3, 0.4) is 0 Å². The second-order valence-electron chi connectivity index (χ2n) is 6.63. The highest BCUT2D eigenvalue weighted by atomic mass is 79.9. The molecule has 0 aliphatic rings. The van der Waals surface area contributed by atoms with Crippen molar-refractivity contribution < 1.29 is 9.47 Å². The number of hydrogen-bond acceptors (Lipinski definition) is 2. The van der Waals surface area contributed by atoms with Crippen molar-refractivity contribution >= 4 is 15.9 Å². The van der Waals surface area contributed by atoms with Gasteiger partial charge in [0.15, 0.2) is 0 Å². The quantitative estimate of drug-likeness (QED) is 0.448. The number of para-hydroxylation sites is 1. The zero-order chi connectivity index (χ0) is 18.7. The first-order valence-electron chi connectivity index (χ1n) is 8.66. The first kappa shape index (κ1) is 18.5. The average molecular weight is 411 g/mol. The van der Waals surface area contributed by atoms with E-state index in [1.165, 1.54) is 5.56 Å². The number of hydrogen-bond donors (Lipinski definition) is 0. The van der Waals surface area contributed by atoms with Gasteiger partial charge in [-0.1, -0.05) is 51.8 Å². The van der Waals surface area contributed by atoms with Gasteiger partial charge in [-0.15, -0.1) is 0 Å². The Hall–Kier alpha value is -2.26. The number of aryl methyl sites for hydroxylation is 4. The summed E-state index contributed by atoms with van der Waals surface area (Å²) in [7, 11) is 0. The van der Waals surface area contributed by atoms with Crippen LogP contribution in [0.4, 0.5) is 0 Å². The van der Waals surface area contributed by atoms with Crippen molar-refractivity contribution in [2.45, 2.75) is 34.3 Å². The Morgan fingerprint density at radius 2 is 1.54 bits per heavy atom. The van der Waals surface area contributed by atoms with Gasteiger partial charge >= 0.3 is 0 Å². The number of halogens is 1. The summed E-state index contributed by atoms with van der Waals surface area (Å²) in [5.41, 5.74) is 5.69. The van der Waals surface area contributed by atoms with E-state index in [0.29, 0.717) is 6.61 Å². The largest absolute Gasteiger partial charge is 0.488 e. The highest BCUT2D eigenvalue weighted by molar-refractivity contribution is 9.10. The third-order valence-corrected chi connectivity index (χ3v) is 5.13. The fraction of sp³-hybridized carbons (Fsp3) is 0.217. The lowest BCUT2D eigenvalue weighted by Gasteiger charge is -2.14. The van der Waals surface area contributed by atoms with Crippen LogP contribution in [0.25, 0.3) is 0 Å². The first-order chi connectivity index (χ1) is 12.4. The van der Waals surface area contributed by atoms with Crippen LogP contribution in [0.1, 0.15) is 27.8 Å². The van der Waals surface area contributed by atoms with E-state index in [-0.39, 0.29) is 0 Å². The molecule has 0 bridgehead atoms. The summed E-state index contributed by atoms with van der Waals surface area (Å²) < 4.78 is 13.2. The minimum atomic E-state index is 0.482.